The molecule has 1 rings (SSSR count). The summed E-state index contributed by atoms with van der Waals surface area (Å²) in [6, 6.07) is 3.16. The van der Waals surface area contributed by atoms with Crippen LogP contribution in [0, 0.1) is 5.82 Å². The summed E-state index contributed by atoms with van der Waals surface area (Å²) in [5.41, 5.74) is 0.00708. The van der Waals surface area contributed by atoms with Crippen molar-refractivity contribution in [1.29, 1.82) is 0 Å². The third-order valence-corrected chi connectivity index (χ3v) is 2.97. The molecule has 0 radical (unpaired) electrons. The van der Waals surface area contributed by atoms with Crippen molar-refractivity contribution in [2.45, 2.75) is 0 Å². The van der Waals surface area contributed by atoms with Gasteiger partial charge >= 0.3 is 5.97 Å². The molecule has 0 spiro atoms. The van der Waals surface area contributed by atoms with E-state index in [0.29, 0.717) is 0 Å². The lowest BCUT2D eigenvalue weighted by Gasteiger charge is -2.06. The molecule has 0 aliphatic carbocycles. The van der Waals surface area contributed by atoms with Crippen LogP contribution in [0.25, 0.3) is 0 Å². The number of benzene rings is 1. The van der Waals surface area contributed by atoms with Crippen LogP contribution in [-0.2, 0) is 14.8 Å². The first kappa shape index (κ1) is 12.7. The van der Waals surface area contributed by atoms with E-state index in [9.17, 15) is 17.6 Å². The molecule has 2 N–H and O–H groups in total. The molecule has 8 heteroatoms. The Kier molecular flexibility index (Phi) is 3.71. The number of hydrogen-bond acceptors (Lipinski definition) is 3. The maximum atomic E-state index is 12.7. The van der Waals surface area contributed by atoms with Crippen LogP contribution in [0.5, 0.6) is 0 Å². The van der Waals surface area contributed by atoms with Gasteiger partial charge in [0, 0.05) is 0 Å². The first-order valence-corrected chi connectivity index (χ1v) is 6.00. The highest BCUT2D eigenvalue weighted by molar-refractivity contribution is 7.93. The van der Waals surface area contributed by atoms with Gasteiger partial charge in [0.1, 0.15) is 5.82 Å². The minimum Gasteiger partial charge on any atom is -0.480 e. The van der Waals surface area contributed by atoms with Crippen LogP contribution in [0.3, 0.4) is 0 Å². The molecule has 0 atom stereocenters. The number of hydrogen-bond donors (Lipinski definition) is 2. The van der Waals surface area contributed by atoms with Gasteiger partial charge in [0.05, 0.1) is 10.7 Å². The third kappa shape index (κ3) is 3.67. The molecular weight excluding hydrogens is 261 g/mol. The van der Waals surface area contributed by atoms with Gasteiger partial charge in [0.2, 0.25) is 10.0 Å². The van der Waals surface area contributed by atoms with Crippen LogP contribution in [0.1, 0.15) is 0 Å². The molecule has 0 saturated carbocycles. The molecule has 0 saturated heterocycles. The van der Waals surface area contributed by atoms with E-state index < -0.39 is 27.6 Å². The minimum atomic E-state index is -3.99. The number of anilines is 1. The molecular formula is C8H7ClFNO4S. The van der Waals surface area contributed by atoms with E-state index in [4.69, 9.17) is 16.7 Å². The van der Waals surface area contributed by atoms with Gasteiger partial charge in [-0.1, -0.05) is 11.6 Å². The van der Waals surface area contributed by atoms with Crippen molar-refractivity contribution < 1.29 is 22.7 Å². The number of sulfonamides is 1. The molecule has 0 aliphatic heterocycles. The smallest absolute Gasteiger partial charge is 0.320 e. The SMILES string of the molecule is O=C(O)CS(=O)(=O)Nc1ccc(F)c(Cl)c1. The lowest BCUT2D eigenvalue weighted by Crippen LogP contribution is -2.22. The van der Waals surface area contributed by atoms with Crippen LogP contribution >= 0.6 is 11.6 Å². The standard InChI is InChI=1S/C8H7ClFNO4S/c9-6-3-5(1-2-7(6)10)11-16(14,15)4-8(12)13/h1-3,11H,4H2,(H,12,13). The molecule has 1 aromatic carbocycles. The molecule has 0 aromatic heterocycles. The van der Waals surface area contributed by atoms with Gasteiger partial charge in [-0.15, -0.1) is 0 Å². The van der Waals surface area contributed by atoms with Crippen LogP contribution in [0.15, 0.2) is 18.2 Å². The molecule has 5 nitrogen and oxygen atoms in total. The molecule has 88 valence electrons. The monoisotopic (exact) mass is 267 g/mol. The van der Waals surface area contributed by atoms with Gasteiger partial charge in [0.15, 0.2) is 5.75 Å². The second kappa shape index (κ2) is 4.67. The normalized spacial score (nSPS) is 11.1. The Morgan fingerprint density at radius 1 is 1.50 bits per heavy atom. The minimum absolute atomic E-state index is 0.00708. The summed E-state index contributed by atoms with van der Waals surface area (Å²) in [4.78, 5) is 10.2. The Hall–Kier alpha value is -1.34. The van der Waals surface area contributed by atoms with E-state index in [1.807, 2.05) is 4.72 Å². The second-order valence-corrected chi connectivity index (χ2v) is 5.01. The Bertz CT molecular complexity index is 517. The number of nitrogens with one attached hydrogen (secondary N) is 1. The van der Waals surface area contributed by atoms with E-state index >= 15 is 0 Å². The van der Waals surface area contributed by atoms with E-state index in [1.54, 1.807) is 0 Å². The largest absolute Gasteiger partial charge is 0.480 e. The van der Waals surface area contributed by atoms with Gasteiger partial charge in [0.25, 0.3) is 0 Å². The zero-order chi connectivity index (χ0) is 12.3. The summed E-state index contributed by atoms with van der Waals surface area (Å²) >= 11 is 5.42. The van der Waals surface area contributed by atoms with Gasteiger partial charge in [-0.05, 0) is 18.2 Å². The summed E-state index contributed by atoms with van der Waals surface area (Å²) in [5, 5.41) is 8.07. The summed E-state index contributed by atoms with van der Waals surface area (Å²) in [6.07, 6.45) is 0. The Labute approximate surface area is 95.9 Å². The number of carboxylic acid groups (broad SMARTS) is 1. The van der Waals surface area contributed by atoms with Crippen molar-refractivity contribution in [3.63, 3.8) is 0 Å². The van der Waals surface area contributed by atoms with Gasteiger partial charge in [-0.25, -0.2) is 12.8 Å². The van der Waals surface area contributed by atoms with E-state index in [0.717, 1.165) is 18.2 Å². The summed E-state index contributed by atoms with van der Waals surface area (Å²) < 4.78 is 37.1. The lowest BCUT2D eigenvalue weighted by atomic mass is 10.3. The second-order valence-electron chi connectivity index (χ2n) is 2.88. The van der Waals surface area contributed by atoms with E-state index in [1.165, 1.54) is 0 Å². The van der Waals surface area contributed by atoms with Crippen LogP contribution in [0.2, 0.25) is 5.02 Å². The zero-order valence-electron chi connectivity index (χ0n) is 7.78. The molecule has 16 heavy (non-hydrogen) atoms. The highest BCUT2D eigenvalue weighted by Gasteiger charge is 2.15. The number of aliphatic carboxylic acids is 1. The maximum absolute atomic E-state index is 12.7. The number of carbonyl (C=O) groups is 1. The van der Waals surface area contributed by atoms with Crippen molar-refractivity contribution in [3.05, 3.63) is 29.0 Å². The van der Waals surface area contributed by atoms with Gasteiger partial charge in [-0.2, -0.15) is 0 Å². The highest BCUT2D eigenvalue weighted by atomic mass is 35.5. The Morgan fingerprint density at radius 3 is 2.62 bits per heavy atom. The van der Waals surface area contributed by atoms with Crippen LogP contribution < -0.4 is 4.72 Å². The number of halogens is 2. The summed E-state index contributed by atoms with van der Waals surface area (Å²) in [5.74, 6) is -3.24. The van der Waals surface area contributed by atoms with Crippen molar-refractivity contribution in [2.75, 3.05) is 10.5 Å². The molecule has 0 fully saturated rings. The zero-order valence-corrected chi connectivity index (χ0v) is 9.35. The molecule has 0 amide bonds. The molecule has 1 aromatic rings. The van der Waals surface area contributed by atoms with Crippen molar-refractivity contribution >= 4 is 33.3 Å². The Balaban J connectivity index is 2.88. The van der Waals surface area contributed by atoms with Crippen molar-refractivity contribution in [2.24, 2.45) is 0 Å². The fraction of sp³-hybridized carbons (Fsp3) is 0.125. The van der Waals surface area contributed by atoms with Gasteiger partial charge < -0.3 is 5.11 Å². The Morgan fingerprint density at radius 2 is 2.12 bits per heavy atom. The van der Waals surface area contributed by atoms with Crippen molar-refractivity contribution in [1.82, 2.24) is 0 Å². The molecule has 0 aliphatic rings. The van der Waals surface area contributed by atoms with Crippen molar-refractivity contribution in [3.8, 4) is 0 Å². The van der Waals surface area contributed by atoms with Crippen LogP contribution in [0.4, 0.5) is 10.1 Å². The number of carboxylic acids is 1. The van der Waals surface area contributed by atoms with E-state index in [2.05, 4.69) is 0 Å². The fourth-order valence-corrected chi connectivity index (χ4v) is 2.00. The average Bonchev–Trinajstić information content (AvgIpc) is 2.08. The van der Waals surface area contributed by atoms with Crippen LogP contribution in [-0.4, -0.2) is 25.2 Å². The first-order chi connectivity index (χ1) is 7.30. The quantitative estimate of drug-likeness (QED) is 0.861. The van der Waals surface area contributed by atoms with E-state index in [-0.39, 0.29) is 10.7 Å². The average molecular weight is 268 g/mol. The topological polar surface area (TPSA) is 83.5 Å². The summed E-state index contributed by atoms with van der Waals surface area (Å²) in [7, 11) is -3.99. The highest BCUT2D eigenvalue weighted by Crippen LogP contribution is 2.20. The predicted octanol–water partition coefficient (Wildman–Crippen LogP) is 1.31. The summed E-state index contributed by atoms with van der Waals surface area (Å²) in [6.45, 7) is 0. The number of rotatable bonds is 4. The van der Waals surface area contributed by atoms with Gasteiger partial charge in [-0.3, -0.25) is 9.52 Å². The fourth-order valence-electron chi connectivity index (χ4n) is 0.938. The molecule has 0 bridgehead atoms. The maximum Gasteiger partial charge on any atom is 0.320 e. The third-order valence-electron chi connectivity index (χ3n) is 1.51. The molecule has 0 unspecified atom stereocenters. The first-order valence-electron chi connectivity index (χ1n) is 3.97. The lowest BCUT2D eigenvalue weighted by molar-refractivity contribution is -0.134. The molecule has 0 heterocycles. The predicted molar refractivity (Wildman–Crippen MR) is 56.5 cm³/mol.